The van der Waals surface area contributed by atoms with Crippen LogP contribution in [0.3, 0.4) is 0 Å². The van der Waals surface area contributed by atoms with Crippen molar-refractivity contribution in [1.29, 1.82) is 0 Å². The minimum atomic E-state index is -3.10. The monoisotopic (exact) mass is 253 g/mol. The van der Waals surface area contributed by atoms with Crippen LogP contribution in [0.15, 0.2) is 23.1 Å². The van der Waals surface area contributed by atoms with Crippen LogP contribution in [-0.4, -0.2) is 27.8 Å². The van der Waals surface area contributed by atoms with Crippen molar-refractivity contribution in [1.82, 2.24) is 0 Å². The van der Waals surface area contributed by atoms with Crippen molar-refractivity contribution in [3.05, 3.63) is 23.8 Å². The molecule has 0 unspecified atom stereocenters. The van der Waals surface area contributed by atoms with E-state index in [9.17, 15) is 8.42 Å². The van der Waals surface area contributed by atoms with Crippen LogP contribution in [0.1, 0.15) is 26.3 Å². The van der Waals surface area contributed by atoms with Crippen molar-refractivity contribution in [2.45, 2.75) is 31.1 Å². The van der Waals surface area contributed by atoms with E-state index in [0.717, 1.165) is 11.3 Å². The molecule has 1 aliphatic rings. The first kappa shape index (κ1) is 12.4. The molecule has 1 aromatic rings. The number of hydrogen-bond donors (Lipinski definition) is 0. The van der Waals surface area contributed by atoms with Crippen molar-refractivity contribution in [2.24, 2.45) is 0 Å². The summed E-state index contributed by atoms with van der Waals surface area (Å²) in [5.74, 6) is 0.212. The summed E-state index contributed by atoms with van der Waals surface area (Å²) < 4.78 is 24.1. The lowest BCUT2D eigenvalue weighted by Gasteiger charge is -2.29. The molecular weight excluding hydrogens is 234 g/mol. The Morgan fingerprint density at radius 1 is 1.24 bits per heavy atom. The van der Waals surface area contributed by atoms with Crippen LogP contribution < -0.4 is 4.90 Å². The van der Waals surface area contributed by atoms with Crippen LogP contribution in [0, 0.1) is 0 Å². The first-order valence-electron chi connectivity index (χ1n) is 5.80. The maximum Gasteiger partial charge on any atom is 0.182 e. The highest BCUT2D eigenvalue weighted by molar-refractivity contribution is 7.91. The second kappa shape index (κ2) is 3.73. The van der Waals surface area contributed by atoms with Crippen molar-refractivity contribution >= 4 is 15.5 Å². The maximum absolute atomic E-state index is 12.1. The Bertz CT molecular complexity index is 541. The van der Waals surface area contributed by atoms with E-state index >= 15 is 0 Å². The minimum absolute atomic E-state index is 0.0272. The van der Waals surface area contributed by atoms with Gasteiger partial charge in [0.05, 0.1) is 16.3 Å². The van der Waals surface area contributed by atoms with Crippen LogP contribution in [-0.2, 0) is 15.3 Å². The predicted octanol–water partition coefficient (Wildman–Crippen LogP) is 2.21. The van der Waals surface area contributed by atoms with Crippen LogP contribution in [0.25, 0.3) is 0 Å². The van der Waals surface area contributed by atoms with Gasteiger partial charge in [-0.2, -0.15) is 0 Å². The third kappa shape index (κ3) is 2.18. The average Bonchev–Trinajstić information content (AvgIpc) is 2.22. The Morgan fingerprint density at radius 3 is 2.47 bits per heavy atom. The SMILES string of the molecule is CN1CCS(=O)(=O)c2cc(C(C)(C)C)ccc21. The summed E-state index contributed by atoms with van der Waals surface area (Å²) in [6, 6.07) is 5.78. The highest BCUT2D eigenvalue weighted by atomic mass is 32.2. The highest BCUT2D eigenvalue weighted by Crippen LogP contribution is 2.33. The zero-order valence-electron chi connectivity index (χ0n) is 10.8. The summed E-state index contributed by atoms with van der Waals surface area (Å²) >= 11 is 0. The summed E-state index contributed by atoms with van der Waals surface area (Å²) in [7, 11) is -1.16. The summed E-state index contributed by atoms with van der Waals surface area (Å²) in [5, 5.41) is 0. The van der Waals surface area contributed by atoms with E-state index in [1.54, 1.807) is 0 Å². The zero-order valence-corrected chi connectivity index (χ0v) is 11.6. The molecule has 2 rings (SSSR count). The first-order valence-corrected chi connectivity index (χ1v) is 7.45. The summed E-state index contributed by atoms with van der Waals surface area (Å²) in [6.07, 6.45) is 0. The number of fused-ring (bicyclic) bond motifs is 1. The number of nitrogens with zero attached hydrogens (tertiary/aromatic N) is 1. The van der Waals surface area contributed by atoms with E-state index < -0.39 is 9.84 Å². The van der Waals surface area contributed by atoms with E-state index in [1.165, 1.54) is 0 Å². The number of rotatable bonds is 0. The standard InChI is InChI=1S/C13H19NO2S/c1-13(2,3)10-5-6-11-12(9-10)17(15,16)8-7-14(11)4/h5-6,9H,7-8H2,1-4H3. The normalized spacial score (nSPS) is 18.9. The third-order valence-electron chi connectivity index (χ3n) is 3.27. The van der Waals surface area contributed by atoms with Gasteiger partial charge in [-0.15, -0.1) is 0 Å². The largest absolute Gasteiger partial charge is 0.373 e. The predicted molar refractivity (Wildman–Crippen MR) is 70.5 cm³/mol. The lowest BCUT2D eigenvalue weighted by Crippen LogP contribution is -2.32. The molecule has 0 amide bonds. The molecule has 3 nitrogen and oxygen atoms in total. The van der Waals surface area contributed by atoms with E-state index in [0.29, 0.717) is 11.4 Å². The second-order valence-electron chi connectivity index (χ2n) is 5.67. The van der Waals surface area contributed by atoms with Gasteiger partial charge in [0.2, 0.25) is 0 Å². The maximum atomic E-state index is 12.1. The molecular formula is C13H19NO2S. The second-order valence-corrected chi connectivity index (χ2v) is 7.75. The molecule has 0 saturated heterocycles. The lowest BCUT2D eigenvalue weighted by atomic mass is 9.87. The molecule has 0 fully saturated rings. The van der Waals surface area contributed by atoms with Crippen LogP contribution in [0.5, 0.6) is 0 Å². The Labute approximate surface area is 103 Å². The molecule has 0 atom stereocenters. The Kier molecular flexibility index (Phi) is 2.73. The van der Waals surface area contributed by atoms with Crippen molar-refractivity contribution in [2.75, 3.05) is 24.2 Å². The molecule has 0 radical (unpaired) electrons. The van der Waals surface area contributed by atoms with E-state index in [-0.39, 0.29) is 11.2 Å². The van der Waals surface area contributed by atoms with Gasteiger partial charge in [-0.05, 0) is 23.1 Å². The fraction of sp³-hybridized carbons (Fsp3) is 0.538. The minimum Gasteiger partial charge on any atom is -0.373 e. The Balaban J connectivity index is 2.65. The zero-order chi connectivity index (χ0) is 12.8. The van der Waals surface area contributed by atoms with Crippen molar-refractivity contribution in [3.8, 4) is 0 Å². The van der Waals surface area contributed by atoms with E-state index in [4.69, 9.17) is 0 Å². The van der Waals surface area contributed by atoms with Gasteiger partial charge in [0.15, 0.2) is 9.84 Å². The summed E-state index contributed by atoms with van der Waals surface area (Å²) in [4.78, 5) is 2.49. The molecule has 1 aromatic carbocycles. The Hall–Kier alpha value is -1.03. The molecule has 0 aliphatic carbocycles. The fourth-order valence-electron chi connectivity index (χ4n) is 2.03. The van der Waals surface area contributed by atoms with Crippen LogP contribution in [0.2, 0.25) is 0 Å². The average molecular weight is 253 g/mol. The summed E-state index contributed by atoms with van der Waals surface area (Å²) in [6.45, 7) is 6.85. The first-order chi connectivity index (χ1) is 7.72. The number of hydrogen-bond acceptors (Lipinski definition) is 3. The molecule has 0 saturated carbocycles. The van der Waals surface area contributed by atoms with Crippen molar-refractivity contribution < 1.29 is 8.42 Å². The van der Waals surface area contributed by atoms with Gasteiger partial charge < -0.3 is 4.90 Å². The molecule has 94 valence electrons. The molecule has 0 bridgehead atoms. The lowest BCUT2D eigenvalue weighted by molar-refractivity contribution is 0.581. The number of anilines is 1. The molecule has 4 heteroatoms. The third-order valence-corrected chi connectivity index (χ3v) is 4.98. The molecule has 0 spiro atoms. The van der Waals surface area contributed by atoms with Gasteiger partial charge in [0.25, 0.3) is 0 Å². The molecule has 0 N–H and O–H groups in total. The molecule has 1 aliphatic heterocycles. The van der Waals surface area contributed by atoms with Crippen LogP contribution in [0.4, 0.5) is 5.69 Å². The van der Waals surface area contributed by atoms with Gasteiger partial charge >= 0.3 is 0 Å². The Morgan fingerprint density at radius 2 is 1.88 bits per heavy atom. The van der Waals surface area contributed by atoms with Gasteiger partial charge in [-0.1, -0.05) is 26.8 Å². The van der Waals surface area contributed by atoms with E-state index in [2.05, 4.69) is 20.8 Å². The van der Waals surface area contributed by atoms with Crippen LogP contribution >= 0.6 is 0 Å². The highest BCUT2D eigenvalue weighted by Gasteiger charge is 2.28. The fourth-order valence-corrected chi connectivity index (χ4v) is 3.62. The van der Waals surface area contributed by atoms with Gasteiger partial charge in [0.1, 0.15) is 0 Å². The van der Waals surface area contributed by atoms with Crippen molar-refractivity contribution in [3.63, 3.8) is 0 Å². The van der Waals surface area contributed by atoms with E-state index in [1.807, 2.05) is 30.1 Å². The molecule has 0 aromatic heterocycles. The van der Waals surface area contributed by atoms with Gasteiger partial charge in [-0.3, -0.25) is 0 Å². The van der Waals surface area contributed by atoms with Gasteiger partial charge in [0, 0.05) is 13.6 Å². The van der Waals surface area contributed by atoms with Gasteiger partial charge in [-0.25, -0.2) is 8.42 Å². The topological polar surface area (TPSA) is 37.4 Å². The molecule has 17 heavy (non-hydrogen) atoms. The summed E-state index contributed by atoms with van der Waals surface area (Å²) in [5.41, 5.74) is 1.86. The molecule has 1 heterocycles. The smallest absolute Gasteiger partial charge is 0.182 e. The quantitative estimate of drug-likeness (QED) is 0.711. The number of benzene rings is 1. The number of sulfone groups is 1.